The molecule has 1 aromatic rings. The van der Waals surface area contributed by atoms with Crippen LogP contribution in [-0.4, -0.2) is 53.6 Å². The van der Waals surface area contributed by atoms with Crippen LogP contribution in [-0.2, 0) is 9.53 Å². The molecule has 20 heavy (non-hydrogen) atoms. The number of nitrogens with zero attached hydrogens (tertiary/aromatic N) is 1. The first-order valence-corrected chi connectivity index (χ1v) is 7.73. The van der Waals surface area contributed by atoms with E-state index in [1.807, 2.05) is 18.7 Å². The van der Waals surface area contributed by atoms with E-state index in [0.717, 1.165) is 25.4 Å². The summed E-state index contributed by atoms with van der Waals surface area (Å²) >= 11 is 1.85. The van der Waals surface area contributed by atoms with Gasteiger partial charge in [0.25, 0.3) is 0 Å². The third kappa shape index (κ3) is 4.51. The van der Waals surface area contributed by atoms with E-state index in [9.17, 15) is 4.79 Å². The first kappa shape index (κ1) is 15.4. The van der Waals surface area contributed by atoms with Crippen LogP contribution in [0.25, 0.3) is 0 Å². The minimum absolute atomic E-state index is 0.206. The maximum atomic E-state index is 10.5. The van der Waals surface area contributed by atoms with Gasteiger partial charge in [-0.05, 0) is 26.0 Å². The van der Waals surface area contributed by atoms with Gasteiger partial charge in [0.15, 0.2) is 0 Å². The lowest BCUT2D eigenvalue weighted by atomic mass is 9.97. The van der Waals surface area contributed by atoms with Crippen LogP contribution in [0.4, 0.5) is 0 Å². The molecule has 1 heterocycles. The Hall–Kier alpha value is -1.04. The van der Waals surface area contributed by atoms with Crippen LogP contribution in [0, 0.1) is 6.92 Å². The van der Waals surface area contributed by atoms with Crippen LogP contribution in [0.2, 0.25) is 0 Å². The molecule has 1 aliphatic rings. The topological polar surface area (TPSA) is 49.8 Å². The van der Waals surface area contributed by atoms with Crippen LogP contribution in [0.1, 0.15) is 12.5 Å². The molecule has 0 unspecified atom stereocenters. The summed E-state index contributed by atoms with van der Waals surface area (Å²) in [6.45, 7) is 6.49. The van der Waals surface area contributed by atoms with E-state index in [0.29, 0.717) is 0 Å². The molecule has 0 atom stereocenters. The van der Waals surface area contributed by atoms with Gasteiger partial charge in [-0.1, -0.05) is 17.7 Å². The summed E-state index contributed by atoms with van der Waals surface area (Å²) in [5.74, 6) is 0.137. The third-order valence-corrected chi connectivity index (χ3v) is 4.35. The lowest BCUT2D eigenvalue weighted by Crippen LogP contribution is -2.62. The zero-order valence-corrected chi connectivity index (χ0v) is 12.8. The molecule has 0 bridgehead atoms. The van der Waals surface area contributed by atoms with Gasteiger partial charge >= 0.3 is 5.97 Å². The fourth-order valence-corrected chi connectivity index (χ4v) is 3.23. The predicted octanol–water partition coefficient (Wildman–Crippen LogP) is 2.26. The molecule has 2 rings (SSSR count). The Kier molecular flexibility index (Phi) is 5.07. The standard InChI is InChI=1S/C15H21NO3S/c1-12-3-5-13(6-4-12)20-8-7-16-10-15(2,11-16)19-9-14(17)18/h3-6H,7-11H2,1-2H3,(H,17,18). The largest absolute Gasteiger partial charge is 0.480 e. The van der Waals surface area contributed by atoms with Gasteiger partial charge in [-0.3, -0.25) is 4.90 Å². The number of likely N-dealkylation sites (tertiary alicyclic amines) is 1. The number of carboxylic acids is 1. The molecule has 0 amide bonds. The van der Waals surface area contributed by atoms with Crippen molar-refractivity contribution in [2.24, 2.45) is 0 Å². The van der Waals surface area contributed by atoms with E-state index in [1.54, 1.807) is 0 Å². The third-order valence-electron chi connectivity index (χ3n) is 3.36. The van der Waals surface area contributed by atoms with Crippen molar-refractivity contribution in [1.29, 1.82) is 0 Å². The van der Waals surface area contributed by atoms with Crippen molar-refractivity contribution in [3.63, 3.8) is 0 Å². The van der Waals surface area contributed by atoms with Crippen molar-refractivity contribution in [2.45, 2.75) is 24.3 Å². The van der Waals surface area contributed by atoms with Crippen molar-refractivity contribution in [1.82, 2.24) is 4.90 Å². The molecule has 1 fully saturated rings. The minimum Gasteiger partial charge on any atom is -0.480 e. The number of thioether (sulfide) groups is 1. The highest BCUT2D eigenvalue weighted by Crippen LogP contribution is 2.26. The summed E-state index contributed by atoms with van der Waals surface area (Å²) < 4.78 is 5.39. The summed E-state index contributed by atoms with van der Waals surface area (Å²) in [4.78, 5) is 14.1. The van der Waals surface area contributed by atoms with Gasteiger partial charge < -0.3 is 9.84 Å². The SMILES string of the molecule is Cc1ccc(SCCN2CC(C)(OCC(=O)O)C2)cc1. The molecule has 110 valence electrons. The average molecular weight is 295 g/mol. The van der Waals surface area contributed by atoms with Crippen molar-refractivity contribution in [2.75, 3.05) is 32.0 Å². The quantitative estimate of drug-likeness (QED) is 0.782. The molecular formula is C15H21NO3S. The van der Waals surface area contributed by atoms with E-state index in [-0.39, 0.29) is 12.2 Å². The van der Waals surface area contributed by atoms with Gasteiger partial charge in [-0.25, -0.2) is 4.79 Å². The number of hydrogen-bond donors (Lipinski definition) is 1. The van der Waals surface area contributed by atoms with Gasteiger partial charge in [-0.2, -0.15) is 0 Å². The molecule has 0 radical (unpaired) electrons. The Morgan fingerprint density at radius 2 is 2.05 bits per heavy atom. The Morgan fingerprint density at radius 1 is 1.40 bits per heavy atom. The van der Waals surface area contributed by atoms with Gasteiger partial charge in [0, 0.05) is 30.3 Å². The van der Waals surface area contributed by atoms with E-state index in [2.05, 4.69) is 36.1 Å². The molecule has 0 aromatic heterocycles. The van der Waals surface area contributed by atoms with Gasteiger partial charge in [0.05, 0.1) is 5.60 Å². The summed E-state index contributed by atoms with van der Waals surface area (Å²) in [6.07, 6.45) is 0. The molecule has 1 saturated heterocycles. The number of rotatable bonds is 7. The molecule has 1 N–H and O–H groups in total. The van der Waals surface area contributed by atoms with E-state index in [1.165, 1.54) is 10.5 Å². The monoisotopic (exact) mass is 295 g/mol. The lowest BCUT2D eigenvalue weighted by Gasteiger charge is -2.47. The van der Waals surface area contributed by atoms with E-state index >= 15 is 0 Å². The van der Waals surface area contributed by atoms with Gasteiger partial charge in [0.2, 0.25) is 0 Å². The highest BCUT2D eigenvalue weighted by atomic mass is 32.2. The average Bonchev–Trinajstić information content (AvgIpc) is 2.37. The van der Waals surface area contributed by atoms with Crippen molar-refractivity contribution < 1.29 is 14.6 Å². The molecule has 0 spiro atoms. The fraction of sp³-hybridized carbons (Fsp3) is 0.533. The second kappa shape index (κ2) is 6.61. The van der Waals surface area contributed by atoms with E-state index in [4.69, 9.17) is 9.84 Å². The maximum absolute atomic E-state index is 10.5. The number of aliphatic carboxylic acids is 1. The Bertz CT molecular complexity index is 455. The summed E-state index contributed by atoms with van der Waals surface area (Å²) in [5, 5.41) is 8.61. The van der Waals surface area contributed by atoms with Crippen LogP contribution in [0.5, 0.6) is 0 Å². The molecule has 0 saturated carbocycles. The number of ether oxygens (including phenoxy) is 1. The van der Waals surface area contributed by atoms with Crippen LogP contribution in [0.3, 0.4) is 0 Å². The zero-order valence-electron chi connectivity index (χ0n) is 12.0. The first-order valence-electron chi connectivity index (χ1n) is 6.74. The number of carbonyl (C=O) groups is 1. The predicted molar refractivity (Wildman–Crippen MR) is 80.3 cm³/mol. The van der Waals surface area contributed by atoms with Crippen LogP contribution >= 0.6 is 11.8 Å². The molecule has 5 heteroatoms. The second-order valence-electron chi connectivity index (χ2n) is 5.50. The first-order chi connectivity index (χ1) is 9.47. The number of carboxylic acid groups (broad SMARTS) is 1. The Labute approximate surface area is 124 Å². The highest BCUT2D eigenvalue weighted by Gasteiger charge is 2.39. The van der Waals surface area contributed by atoms with Crippen molar-refractivity contribution in [3.8, 4) is 0 Å². The summed E-state index contributed by atoms with van der Waals surface area (Å²) in [5.41, 5.74) is 0.996. The van der Waals surface area contributed by atoms with E-state index < -0.39 is 5.97 Å². The smallest absolute Gasteiger partial charge is 0.329 e. The van der Waals surface area contributed by atoms with Crippen molar-refractivity contribution in [3.05, 3.63) is 29.8 Å². The summed E-state index contributed by atoms with van der Waals surface area (Å²) in [7, 11) is 0. The summed E-state index contributed by atoms with van der Waals surface area (Å²) in [6, 6.07) is 8.55. The molecular weight excluding hydrogens is 274 g/mol. The van der Waals surface area contributed by atoms with Crippen LogP contribution in [0.15, 0.2) is 29.2 Å². The molecule has 4 nitrogen and oxygen atoms in total. The fourth-order valence-electron chi connectivity index (χ4n) is 2.31. The molecule has 1 aliphatic heterocycles. The minimum atomic E-state index is -0.903. The van der Waals surface area contributed by atoms with Crippen molar-refractivity contribution >= 4 is 17.7 Å². The normalized spacial score (nSPS) is 17.7. The number of hydrogen-bond acceptors (Lipinski definition) is 4. The molecule has 0 aliphatic carbocycles. The Balaban J connectivity index is 1.63. The Morgan fingerprint density at radius 3 is 2.65 bits per heavy atom. The van der Waals surface area contributed by atoms with Gasteiger partial charge in [0.1, 0.15) is 6.61 Å². The van der Waals surface area contributed by atoms with Gasteiger partial charge in [-0.15, -0.1) is 11.8 Å². The maximum Gasteiger partial charge on any atom is 0.329 e. The lowest BCUT2D eigenvalue weighted by molar-refractivity contribution is -0.164. The molecule has 1 aromatic carbocycles. The number of aryl methyl sites for hydroxylation is 1. The zero-order chi connectivity index (χ0) is 14.6. The van der Waals surface area contributed by atoms with Crippen LogP contribution < -0.4 is 0 Å². The highest BCUT2D eigenvalue weighted by molar-refractivity contribution is 7.99. The second-order valence-corrected chi connectivity index (χ2v) is 6.67. The number of benzene rings is 1.